The van der Waals surface area contributed by atoms with Gasteiger partial charge in [-0.05, 0) is 57.0 Å². The molecule has 0 aliphatic rings. The van der Waals surface area contributed by atoms with Crippen LogP contribution in [0.2, 0.25) is 0 Å². The second-order valence-electron chi connectivity index (χ2n) is 5.20. The van der Waals surface area contributed by atoms with E-state index in [0.717, 1.165) is 24.5 Å². The van der Waals surface area contributed by atoms with Gasteiger partial charge in [0.1, 0.15) is 11.5 Å². The fourth-order valence-corrected chi connectivity index (χ4v) is 2.41. The largest absolute Gasteiger partial charge is 0.464 e. The molecule has 1 aromatic carbocycles. The zero-order chi connectivity index (χ0) is 13.8. The number of hydrogen-bond acceptors (Lipinski definition) is 2. The minimum absolute atomic E-state index is 0.147. The van der Waals surface area contributed by atoms with Gasteiger partial charge in [-0.3, -0.25) is 0 Å². The SMILES string of the molecule is CCCNC(c1ccc(C)o1)c1ccc(C)cc1C. The van der Waals surface area contributed by atoms with E-state index in [-0.39, 0.29) is 6.04 Å². The molecule has 0 saturated carbocycles. The van der Waals surface area contributed by atoms with Gasteiger partial charge in [-0.15, -0.1) is 0 Å². The maximum atomic E-state index is 5.82. The summed E-state index contributed by atoms with van der Waals surface area (Å²) in [6.45, 7) is 9.45. The van der Waals surface area contributed by atoms with Gasteiger partial charge in [-0.2, -0.15) is 0 Å². The molecule has 0 spiro atoms. The molecule has 1 N–H and O–H groups in total. The van der Waals surface area contributed by atoms with Crippen LogP contribution in [0, 0.1) is 20.8 Å². The molecule has 19 heavy (non-hydrogen) atoms. The first-order valence-electron chi connectivity index (χ1n) is 6.98. The molecule has 0 bridgehead atoms. The summed E-state index contributed by atoms with van der Waals surface area (Å²) in [7, 11) is 0. The number of aryl methyl sites for hydroxylation is 3. The highest BCUT2D eigenvalue weighted by atomic mass is 16.3. The van der Waals surface area contributed by atoms with Crippen LogP contribution in [0.5, 0.6) is 0 Å². The van der Waals surface area contributed by atoms with Crippen molar-refractivity contribution in [1.29, 1.82) is 0 Å². The van der Waals surface area contributed by atoms with Crippen molar-refractivity contribution in [3.63, 3.8) is 0 Å². The van der Waals surface area contributed by atoms with Crippen molar-refractivity contribution < 1.29 is 4.42 Å². The lowest BCUT2D eigenvalue weighted by molar-refractivity contribution is 0.429. The van der Waals surface area contributed by atoms with E-state index in [1.165, 1.54) is 16.7 Å². The molecule has 102 valence electrons. The molecular formula is C17H23NO. The number of furan rings is 1. The van der Waals surface area contributed by atoms with Gasteiger partial charge in [0.15, 0.2) is 0 Å². The van der Waals surface area contributed by atoms with Gasteiger partial charge in [0.25, 0.3) is 0 Å². The van der Waals surface area contributed by atoms with Crippen LogP contribution in [0.15, 0.2) is 34.7 Å². The van der Waals surface area contributed by atoms with Crippen molar-refractivity contribution in [3.05, 3.63) is 58.5 Å². The smallest absolute Gasteiger partial charge is 0.125 e. The minimum Gasteiger partial charge on any atom is -0.464 e. The maximum absolute atomic E-state index is 5.82. The molecule has 2 nitrogen and oxygen atoms in total. The predicted molar refractivity (Wildman–Crippen MR) is 79.5 cm³/mol. The zero-order valence-electron chi connectivity index (χ0n) is 12.3. The Hall–Kier alpha value is -1.54. The normalized spacial score (nSPS) is 12.6. The van der Waals surface area contributed by atoms with Gasteiger partial charge < -0.3 is 9.73 Å². The summed E-state index contributed by atoms with van der Waals surface area (Å²) >= 11 is 0. The predicted octanol–water partition coefficient (Wildman–Crippen LogP) is 4.29. The van der Waals surface area contributed by atoms with E-state index >= 15 is 0 Å². The van der Waals surface area contributed by atoms with Crippen LogP contribution in [-0.2, 0) is 0 Å². The molecule has 1 unspecified atom stereocenters. The van der Waals surface area contributed by atoms with Gasteiger partial charge >= 0.3 is 0 Å². The molecule has 2 aromatic rings. The standard InChI is InChI=1S/C17H23NO/c1-5-10-18-17(16-9-7-14(4)19-16)15-8-6-12(2)11-13(15)3/h6-9,11,17-18H,5,10H2,1-4H3. The fraction of sp³-hybridized carbons (Fsp3) is 0.412. The molecule has 1 aromatic heterocycles. The van der Waals surface area contributed by atoms with E-state index in [1.54, 1.807) is 0 Å². The number of nitrogens with one attached hydrogen (secondary N) is 1. The van der Waals surface area contributed by atoms with Crippen LogP contribution < -0.4 is 5.32 Å². The number of benzene rings is 1. The average Bonchev–Trinajstić information content (AvgIpc) is 2.78. The summed E-state index contributed by atoms with van der Waals surface area (Å²) in [5, 5.41) is 3.58. The van der Waals surface area contributed by atoms with Crippen LogP contribution >= 0.6 is 0 Å². The molecule has 0 amide bonds. The second-order valence-corrected chi connectivity index (χ2v) is 5.20. The van der Waals surface area contributed by atoms with Gasteiger partial charge in [0, 0.05) is 0 Å². The molecule has 0 saturated heterocycles. The van der Waals surface area contributed by atoms with Crippen LogP contribution in [0.4, 0.5) is 0 Å². The topological polar surface area (TPSA) is 25.2 Å². The van der Waals surface area contributed by atoms with Crippen LogP contribution in [0.3, 0.4) is 0 Å². The van der Waals surface area contributed by atoms with Crippen molar-refractivity contribution in [1.82, 2.24) is 5.32 Å². The van der Waals surface area contributed by atoms with E-state index in [0.29, 0.717) is 0 Å². The highest BCUT2D eigenvalue weighted by Gasteiger charge is 2.18. The zero-order valence-corrected chi connectivity index (χ0v) is 12.3. The second kappa shape index (κ2) is 6.07. The summed E-state index contributed by atoms with van der Waals surface area (Å²) in [6.07, 6.45) is 1.11. The van der Waals surface area contributed by atoms with Crippen molar-refractivity contribution in [2.75, 3.05) is 6.54 Å². The molecule has 0 radical (unpaired) electrons. The maximum Gasteiger partial charge on any atom is 0.125 e. The Bertz CT molecular complexity index is 542. The van der Waals surface area contributed by atoms with Gasteiger partial charge in [0.05, 0.1) is 6.04 Å². The van der Waals surface area contributed by atoms with E-state index in [1.807, 2.05) is 13.0 Å². The van der Waals surface area contributed by atoms with Gasteiger partial charge in [-0.25, -0.2) is 0 Å². The molecular weight excluding hydrogens is 234 g/mol. The molecule has 2 rings (SSSR count). The van der Waals surface area contributed by atoms with E-state index in [9.17, 15) is 0 Å². The Morgan fingerprint density at radius 1 is 1.11 bits per heavy atom. The summed E-state index contributed by atoms with van der Waals surface area (Å²) in [6, 6.07) is 10.8. The van der Waals surface area contributed by atoms with Crippen molar-refractivity contribution >= 4 is 0 Å². The molecule has 1 atom stereocenters. The summed E-state index contributed by atoms with van der Waals surface area (Å²) < 4.78 is 5.82. The van der Waals surface area contributed by atoms with Gasteiger partial charge in [-0.1, -0.05) is 30.7 Å². The highest BCUT2D eigenvalue weighted by molar-refractivity contribution is 5.36. The Kier molecular flexibility index (Phi) is 4.43. The van der Waals surface area contributed by atoms with Crippen molar-refractivity contribution in [2.24, 2.45) is 0 Å². The van der Waals surface area contributed by atoms with Crippen LogP contribution in [0.1, 0.15) is 47.6 Å². The van der Waals surface area contributed by atoms with E-state index in [2.05, 4.69) is 50.4 Å². The third-order valence-corrected chi connectivity index (χ3v) is 3.38. The van der Waals surface area contributed by atoms with Crippen molar-refractivity contribution in [3.8, 4) is 0 Å². The monoisotopic (exact) mass is 257 g/mol. The quantitative estimate of drug-likeness (QED) is 0.864. The molecule has 1 heterocycles. The highest BCUT2D eigenvalue weighted by Crippen LogP contribution is 2.27. The third-order valence-electron chi connectivity index (χ3n) is 3.38. The van der Waals surface area contributed by atoms with Crippen LogP contribution in [-0.4, -0.2) is 6.54 Å². The first-order chi connectivity index (χ1) is 9.11. The van der Waals surface area contributed by atoms with Gasteiger partial charge in [0.2, 0.25) is 0 Å². The lowest BCUT2D eigenvalue weighted by Crippen LogP contribution is -2.23. The van der Waals surface area contributed by atoms with Crippen molar-refractivity contribution in [2.45, 2.75) is 40.2 Å². The Balaban J connectivity index is 2.36. The molecule has 0 fully saturated rings. The summed E-state index contributed by atoms with van der Waals surface area (Å²) in [5.74, 6) is 1.96. The third kappa shape index (κ3) is 3.27. The lowest BCUT2D eigenvalue weighted by atomic mass is 9.97. The number of rotatable bonds is 5. The van der Waals surface area contributed by atoms with E-state index in [4.69, 9.17) is 4.42 Å². The van der Waals surface area contributed by atoms with Crippen LogP contribution in [0.25, 0.3) is 0 Å². The molecule has 0 aliphatic carbocycles. The number of hydrogen-bond donors (Lipinski definition) is 1. The minimum atomic E-state index is 0.147. The first-order valence-corrected chi connectivity index (χ1v) is 6.98. The Morgan fingerprint density at radius 3 is 2.47 bits per heavy atom. The summed E-state index contributed by atoms with van der Waals surface area (Å²) in [4.78, 5) is 0. The Morgan fingerprint density at radius 2 is 1.89 bits per heavy atom. The fourth-order valence-electron chi connectivity index (χ4n) is 2.41. The first kappa shape index (κ1) is 13.9. The van der Waals surface area contributed by atoms with E-state index < -0.39 is 0 Å². The summed E-state index contributed by atoms with van der Waals surface area (Å²) in [5.41, 5.74) is 3.90. The lowest BCUT2D eigenvalue weighted by Gasteiger charge is -2.19. The average molecular weight is 257 g/mol. The molecule has 2 heteroatoms. The Labute approximate surface area is 115 Å². The molecule has 0 aliphatic heterocycles.